The third-order valence-electron chi connectivity index (χ3n) is 2.70. The summed E-state index contributed by atoms with van der Waals surface area (Å²) in [5.74, 6) is -0.309. The van der Waals surface area contributed by atoms with Gasteiger partial charge in [-0.3, -0.25) is 4.79 Å². The summed E-state index contributed by atoms with van der Waals surface area (Å²) in [5, 5.41) is 2.71. The second-order valence-corrected chi connectivity index (χ2v) is 5.03. The SMILES string of the molecule is CCOC(=O)c1cccc(NC(=O)[C@@H](N)CC(C)C)c1. The number of nitrogens with one attached hydrogen (secondary N) is 1. The number of anilines is 1. The van der Waals surface area contributed by atoms with Crippen molar-refractivity contribution in [1.82, 2.24) is 0 Å². The van der Waals surface area contributed by atoms with Gasteiger partial charge in [0.2, 0.25) is 5.91 Å². The average Bonchev–Trinajstić information content (AvgIpc) is 2.38. The number of esters is 1. The third kappa shape index (κ3) is 5.01. The molecule has 0 spiro atoms. The zero-order valence-electron chi connectivity index (χ0n) is 12.2. The van der Waals surface area contributed by atoms with Crippen LogP contribution in [0.25, 0.3) is 0 Å². The summed E-state index contributed by atoms with van der Waals surface area (Å²) < 4.78 is 4.91. The lowest BCUT2D eigenvalue weighted by molar-refractivity contribution is -0.117. The first-order valence-electron chi connectivity index (χ1n) is 6.77. The predicted octanol–water partition coefficient (Wildman–Crippen LogP) is 2.18. The lowest BCUT2D eigenvalue weighted by atomic mass is 10.0. The molecule has 0 unspecified atom stereocenters. The summed E-state index contributed by atoms with van der Waals surface area (Å²) in [6.07, 6.45) is 0.614. The van der Waals surface area contributed by atoms with Gasteiger partial charge in [0.25, 0.3) is 0 Å². The monoisotopic (exact) mass is 278 g/mol. The van der Waals surface area contributed by atoms with Gasteiger partial charge in [-0.05, 0) is 37.5 Å². The minimum atomic E-state index is -0.554. The Kier molecular flexibility index (Phi) is 6.18. The molecular weight excluding hydrogens is 256 g/mol. The normalized spacial score (nSPS) is 12.1. The van der Waals surface area contributed by atoms with Gasteiger partial charge in [0.05, 0.1) is 18.2 Å². The molecule has 5 heteroatoms. The number of amides is 1. The molecule has 0 heterocycles. The van der Waals surface area contributed by atoms with Gasteiger partial charge >= 0.3 is 5.97 Å². The van der Waals surface area contributed by atoms with Gasteiger partial charge < -0.3 is 15.8 Å². The van der Waals surface area contributed by atoms with Gasteiger partial charge in [-0.15, -0.1) is 0 Å². The number of ether oxygens (including phenoxy) is 1. The molecule has 1 aromatic carbocycles. The highest BCUT2D eigenvalue weighted by Gasteiger charge is 2.15. The first-order valence-corrected chi connectivity index (χ1v) is 6.77. The van der Waals surface area contributed by atoms with Crippen molar-refractivity contribution in [3.63, 3.8) is 0 Å². The molecule has 0 radical (unpaired) electrons. The molecule has 0 bridgehead atoms. The molecule has 20 heavy (non-hydrogen) atoms. The minimum Gasteiger partial charge on any atom is -0.462 e. The van der Waals surface area contributed by atoms with Crippen molar-refractivity contribution in [3.8, 4) is 0 Å². The van der Waals surface area contributed by atoms with Crippen molar-refractivity contribution in [1.29, 1.82) is 0 Å². The Bertz CT molecular complexity index is 472. The van der Waals surface area contributed by atoms with E-state index in [1.807, 2.05) is 13.8 Å². The van der Waals surface area contributed by atoms with Gasteiger partial charge in [-0.2, -0.15) is 0 Å². The van der Waals surface area contributed by atoms with Crippen LogP contribution in [0.4, 0.5) is 5.69 Å². The maximum absolute atomic E-state index is 11.9. The number of rotatable bonds is 6. The average molecular weight is 278 g/mol. The van der Waals surface area contributed by atoms with E-state index in [4.69, 9.17) is 10.5 Å². The molecule has 0 aliphatic rings. The zero-order valence-corrected chi connectivity index (χ0v) is 12.2. The topological polar surface area (TPSA) is 81.4 Å². The van der Waals surface area contributed by atoms with E-state index >= 15 is 0 Å². The van der Waals surface area contributed by atoms with Crippen molar-refractivity contribution in [2.75, 3.05) is 11.9 Å². The Hall–Kier alpha value is -1.88. The van der Waals surface area contributed by atoms with Gasteiger partial charge in [0, 0.05) is 5.69 Å². The van der Waals surface area contributed by atoms with Crippen molar-refractivity contribution >= 4 is 17.6 Å². The highest BCUT2D eigenvalue weighted by atomic mass is 16.5. The van der Waals surface area contributed by atoms with Crippen LogP contribution in [-0.2, 0) is 9.53 Å². The Balaban J connectivity index is 2.71. The molecule has 1 aromatic rings. The summed E-state index contributed by atoms with van der Waals surface area (Å²) in [5.41, 5.74) is 6.75. The summed E-state index contributed by atoms with van der Waals surface area (Å²) in [6.45, 7) is 6.08. The van der Waals surface area contributed by atoms with E-state index in [0.29, 0.717) is 30.2 Å². The van der Waals surface area contributed by atoms with Crippen molar-refractivity contribution < 1.29 is 14.3 Å². The molecule has 0 aromatic heterocycles. The van der Waals surface area contributed by atoms with E-state index < -0.39 is 12.0 Å². The Morgan fingerprint density at radius 1 is 1.35 bits per heavy atom. The van der Waals surface area contributed by atoms with Crippen LogP contribution in [0.5, 0.6) is 0 Å². The molecule has 0 aliphatic heterocycles. The maximum atomic E-state index is 11.9. The predicted molar refractivity (Wildman–Crippen MR) is 78.5 cm³/mol. The molecule has 3 N–H and O–H groups in total. The maximum Gasteiger partial charge on any atom is 0.338 e. The molecule has 1 amide bonds. The first-order chi connectivity index (χ1) is 9.43. The lowest BCUT2D eigenvalue weighted by Crippen LogP contribution is -2.36. The van der Waals surface area contributed by atoms with E-state index in [-0.39, 0.29) is 5.91 Å². The summed E-state index contributed by atoms with van der Waals surface area (Å²) in [7, 11) is 0. The second kappa shape index (κ2) is 7.65. The van der Waals surface area contributed by atoms with Gasteiger partial charge in [0.15, 0.2) is 0 Å². The number of hydrogen-bond acceptors (Lipinski definition) is 4. The molecule has 1 atom stereocenters. The van der Waals surface area contributed by atoms with Gasteiger partial charge in [0.1, 0.15) is 0 Å². The molecule has 1 rings (SSSR count). The Morgan fingerprint density at radius 2 is 2.05 bits per heavy atom. The Morgan fingerprint density at radius 3 is 2.65 bits per heavy atom. The summed E-state index contributed by atoms with van der Waals surface area (Å²) in [6, 6.07) is 6.07. The Labute approximate surface area is 119 Å². The van der Waals surface area contributed by atoms with Crippen molar-refractivity contribution in [2.45, 2.75) is 33.2 Å². The largest absolute Gasteiger partial charge is 0.462 e. The van der Waals surface area contributed by atoms with Crippen molar-refractivity contribution in [3.05, 3.63) is 29.8 Å². The van der Waals surface area contributed by atoms with Crippen LogP contribution < -0.4 is 11.1 Å². The van der Waals surface area contributed by atoms with Crippen LogP contribution in [0, 0.1) is 5.92 Å². The number of hydrogen-bond donors (Lipinski definition) is 2. The summed E-state index contributed by atoms with van der Waals surface area (Å²) in [4.78, 5) is 23.5. The second-order valence-electron chi connectivity index (χ2n) is 5.03. The fourth-order valence-corrected chi connectivity index (χ4v) is 1.79. The van der Waals surface area contributed by atoms with Gasteiger partial charge in [-0.1, -0.05) is 19.9 Å². The number of nitrogens with two attached hydrogens (primary N) is 1. The molecule has 0 saturated heterocycles. The first kappa shape index (κ1) is 16.2. The highest BCUT2D eigenvalue weighted by molar-refractivity contribution is 5.96. The van der Waals surface area contributed by atoms with E-state index in [1.54, 1.807) is 31.2 Å². The molecule has 110 valence electrons. The molecular formula is C15H22N2O3. The number of benzene rings is 1. The smallest absolute Gasteiger partial charge is 0.338 e. The van der Waals surface area contributed by atoms with E-state index in [1.165, 1.54) is 0 Å². The van der Waals surface area contributed by atoms with Crippen LogP contribution in [-0.4, -0.2) is 24.5 Å². The quantitative estimate of drug-likeness (QED) is 0.781. The zero-order chi connectivity index (χ0) is 15.1. The number of carbonyl (C=O) groups excluding carboxylic acids is 2. The van der Waals surface area contributed by atoms with Crippen LogP contribution in [0.15, 0.2) is 24.3 Å². The fourth-order valence-electron chi connectivity index (χ4n) is 1.79. The molecule has 0 aliphatic carbocycles. The number of carbonyl (C=O) groups is 2. The van der Waals surface area contributed by atoms with Crippen LogP contribution in [0.3, 0.4) is 0 Å². The third-order valence-corrected chi connectivity index (χ3v) is 2.70. The minimum absolute atomic E-state index is 0.250. The standard InChI is InChI=1S/C15H22N2O3/c1-4-20-15(19)11-6-5-7-12(9-11)17-14(18)13(16)8-10(2)3/h5-7,9-10,13H,4,8,16H2,1-3H3,(H,17,18)/t13-/m0/s1. The van der Waals surface area contributed by atoms with Crippen LogP contribution in [0.1, 0.15) is 37.6 Å². The fraction of sp³-hybridized carbons (Fsp3) is 0.467. The molecule has 0 fully saturated rings. The molecule has 0 saturated carbocycles. The van der Waals surface area contributed by atoms with E-state index in [2.05, 4.69) is 5.32 Å². The summed E-state index contributed by atoms with van der Waals surface area (Å²) >= 11 is 0. The van der Waals surface area contributed by atoms with E-state index in [9.17, 15) is 9.59 Å². The van der Waals surface area contributed by atoms with Gasteiger partial charge in [-0.25, -0.2) is 4.79 Å². The van der Waals surface area contributed by atoms with Crippen LogP contribution in [0.2, 0.25) is 0 Å². The lowest BCUT2D eigenvalue weighted by Gasteiger charge is -2.14. The van der Waals surface area contributed by atoms with E-state index in [0.717, 1.165) is 0 Å². The van der Waals surface area contributed by atoms with Crippen molar-refractivity contribution in [2.24, 2.45) is 11.7 Å². The van der Waals surface area contributed by atoms with Crippen LogP contribution >= 0.6 is 0 Å². The highest BCUT2D eigenvalue weighted by Crippen LogP contribution is 2.13. The molecule has 5 nitrogen and oxygen atoms in total.